The van der Waals surface area contributed by atoms with E-state index in [4.69, 9.17) is 4.74 Å². The SMILES string of the molecule is COc1cc(C)c(C(=O)C(C)C)cc1C(C)C. The van der Waals surface area contributed by atoms with Crippen LogP contribution in [0.5, 0.6) is 5.75 Å². The number of methoxy groups -OCH3 is 1. The van der Waals surface area contributed by atoms with Gasteiger partial charge < -0.3 is 4.74 Å². The minimum Gasteiger partial charge on any atom is -0.496 e. The molecule has 0 N–H and O–H groups in total. The number of ketones is 1. The van der Waals surface area contributed by atoms with E-state index in [9.17, 15) is 4.79 Å². The first-order chi connectivity index (χ1) is 7.88. The van der Waals surface area contributed by atoms with E-state index in [0.29, 0.717) is 5.92 Å². The summed E-state index contributed by atoms with van der Waals surface area (Å²) < 4.78 is 5.37. The Morgan fingerprint density at radius 1 is 1.18 bits per heavy atom. The molecule has 1 aromatic carbocycles. The Morgan fingerprint density at radius 3 is 2.18 bits per heavy atom. The average molecular weight is 234 g/mol. The van der Waals surface area contributed by atoms with Crippen LogP contribution in [-0.4, -0.2) is 12.9 Å². The second-order valence-corrected chi connectivity index (χ2v) is 5.08. The molecule has 94 valence electrons. The molecule has 1 aromatic rings. The van der Waals surface area contributed by atoms with Gasteiger partial charge in [-0.3, -0.25) is 4.79 Å². The quantitative estimate of drug-likeness (QED) is 0.737. The molecule has 0 bridgehead atoms. The van der Waals surface area contributed by atoms with Gasteiger partial charge in [0.15, 0.2) is 5.78 Å². The fraction of sp³-hybridized carbons (Fsp3) is 0.533. The van der Waals surface area contributed by atoms with Gasteiger partial charge in [-0.05, 0) is 36.1 Å². The zero-order valence-corrected chi connectivity index (χ0v) is 11.6. The van der Waals surface area contributed by atoms with E-state index in [-0.39, 0.29) is 11.7 Å². The fourth-order valence-electron chi connectivity index (χ4n) is 1.90. The molecule has 0 spiro atoms. The van der Waals surface area contributed by atoms with Crippen molar-refractivity contribution in [3.8, 4) is 5.75 Å². The van der Waals surface area contributed by atoms with E-state index >= 15 is 0 Å². The van der Waals surface area contributed by atoms with Crippen LogP contribution in [0.4, 0.5) is 0 Å². The minimum absolute atomic E-state index is 0.0297. The van der Waals surface area contributed by atoms with Gasteiger partial charge in [0.1, 0.15) is 5.75 Å². The summed E-state index contributed by atoms with van der Waals surface area (Å²) in [6.07, 6.45) is 0. The van der Waals surface area contributed by atoms with Crippen molar-refractivity contribution in [1.82, 2.24) is 0 Å². The molecule has 0 saturated carbocycles. The lowest BCUT2D eigenvalue weighted by Crippen LogP contribution is -2.10. The fourth-order valence-corrected chi connectivity index (χ4v) is 1.90. The third-order valence-corrected chi connectivity index (χ3v) is 2.99. The van der Waals surface area contributed by atoms with Crippen molar-refractivity contribution in [2.75, 3.05) is 7.11 Å². The molecule has 0 aromatic heterocycles. The summed E-state index contributed by atoms with van der Waals surface area (Å²) in [6, 6.07) is 3.95. The van der Waals surface area contributed by atoms with Crippen molar-refractivity contribution in [2.24, 2.45) is 5.92 Å². The first-order valence-corrected chi connectivity index (χ1v) is 6.11. The lowest BCUT2D eigenvalue weighted by atomic mass is 9.91. The zero-order chi connectivity index (χ0) is 13.2. The van der Waals surface area contributed by atoms with Crippen LogP contribution in [0.25, 0.3) is 0 Å². The number of carbonyl (C=O) groups excluding carboxylic acids is 1. The Morgan fingerprint density at radius 2 is 1.76 bits per heavy atom. The Hall–Kier alpha value is -1.31. The number of benzene rings is 1. The molecule has 0 saturated heterocycles. The van der Waals surface area contributed by atoms with Gasteiger partial charge in [-0.25, -0.2) is 0 Å². The monoisotopic (exact) mass is 234 g/mol. The number of carbonyl (C=O) groups is 1. The molecular weight excluding hydrogens is 212 g/mol. The van der Waals surface area contributed by atoms with Crippen molar-refractivity contribution in [3.63, 3.8) is 0 Å². The maximum atomic E-state index is 12.1. The highest BCUT2D eigenvalue weighted by molar-refractivity contribution is 5.99. The smallest absolute Gasteiger partial charge is 0.165 e. The van der Waals surface area contributed by atoms with Gasteiger partial charge in [0.05, 0.1) is 7.11 Å². The molecule has 0 fully saturated rings. The van der Waals surface area contributed by atoms with Gasteiger partial charge in [-0.15, -0.1) is 0 Å². The molecule has 0 aliphatic rings. The topological polar surface area (TPSA) is 26.3 Å². The van der Waals surface area contributed by atoms with E-state index in [1.54, 1.807) is 7.11 Å². The van der Waals surface area contributed by atoms with Crippen molar-refractivity contribution in [1.29, 1.82) is 0 Å². The normalized spacial score (nSPS) is 11.1. The molecule has 0 aliphatic carbocycles. The number of Topliss-reactive ketones (excluding diaryl/α,β-unsaturated/α-hetero) is 1. The molecule has 0 radical (unpaired) electrons. The highest BCUT2D eigenvalue weighted by atomic mass is 16.5. The summed E-state index contributed by atoms with van der Waals surface area (Å²) in [5.41, 5.74) is 2.91. The van der Waals surface area contributed by atoms with E-state index in [2.05, 4.69) is 13.8 Å². The summed E-state index contributed by atoms with van der Waals surface area (Å²) in [7, 11) is 1.67. The van der Waals surface area contributed by atoms with E-state index in [1.807, 2.05) is 32.9 Å². The van der Waals surface area contributed by atoms with Crippen LogP contribution in [0.1, 0.15) is 55.1 Å². The molecule has 2 heteroatoms. The summed E-state index contributed by atoms with van der Waals surface area (Å²) in [5, 5.41) is 0. The maximum Gasteiger partial charge on any atom is 0.165 e. The van der Waals surface area contributed by atoms with E-state index in [0.717, 1.165) is 22.4 Å². The summed E-state index contributed by atoms with van der Waals surface area (Å²) in [5.74, 6) is 1.45. The first kappa shape index (κ1) is 13.8. The predicted molar refractivity (Wildman–Crippen MR) is 71.0 cm³/mol. The van der Waals surface area contributed by atoms with Gasteiger partial charge in [0.25, 0.3) is 0 Å². The highest BCUT2D eigenvalue weighted by Gasteiger charge is 2.17. The van der Waals surface area contributed by atoms with Gasteiger partial charge in [0, 0.05) is 11.5 Å². The molecule has 1 rings (SSSR count). The Bertz CT molecular complexity index is 417. The molecule has 0 atom stereocenters. The number of hydrogen-bond donors (Lipinski definition) is 0. The minimum atomic E-state index is 0.0297. The van der Waals surface area contributed by atoms with Crippen LogP contribution >= 0.6 is 0 Å². The molecule has 2 nitrogen and oxygen atoms in total. The third-order valence-electron chi connectivity index (χ3n) is 2.99. The van der Waals surface area contributed by atoms with Crippen molar-refractivity contribution >= 4 is 5.78 Å². The number of hydrogen-bond acceptors (Lipinski definition) is 2. The van der Waals surface area contributed by atoms with Gasteiger partial charge in [-0.2, -0.15) is 0 Å². The molecule has 0 unspecified atom stereocenters. The van der Waals surface area contributed by atoms with Gasteiger partial charge >= 0.3 is 0 Å². The molecular formula is C15H22O2. The van der Waals surface area contributed by atoms with Crippen molar-refractivity contribution in [3.05, 3.63) is 28.8 Å². The number of ether oxygens (including phenoxy) is 1. The predicted octanol–water partition coefficient (Wildman–Crippen LogP) is 3.97. The molecule has 0 amide bonds. The van der Waals surface area contributed by atoms with Crippen LogP contribution in [-0.2, 0) is 0 Å². The van der Waals surface area contributed by atoms with Crippen molar-refractivity contribution in [2.45, 2.75) is 40.5 Å². The molecule has 17 heavy (non-hydrogen) atoms. The Labute approximate surface area is 104 Å². The molecule has 0 aliphatic heterocycles. The first-order valence-electron chi connectivity index (χ1n) is 6.11. The molecule has 0 heterocycles. The number of aryl methyl sites for hydroxylation is 1. The maximum absolute atomic E-state index is 12.1. The van der Waals surface area contributed by atoms with Crippen LogP contribution in [0.3, 0.4) is 0 Å². The second-order valence-electron chi connectivity index (χ2n) is 5.08. The summed E-state index contributed by atoms with van der Waals surface area (Å²) in [6.45, 7) is 10.0. The largest absolute Gasteiger partial charge is 0.496 e. The Kier molecular flexibility index (Phi) is 4.33. The second kappa shape index (κ2) is 5.35. The van der Waals surface area contributed by atoms with E-state index in [1.165, 1.54) is 0 Å². The van der Waals surface area contributed by atoms with Crippen LogP contribution < -0.4 is 4.74 Å². The average Bonchev–Trinajstić information content (AvgIpc) is 2.27. The van der Waals surface area contributed by atoms with Gasteiger partial charge in [0.2, 0.25) is 0 Å². The standard InChI is InChI=1S/C15H22O2/c1-9(2)12-8-13(15(16)10(3)4)11(5)7-14(12)17-6/h7-10H,1-6H3. The zero-order valence-electron chi connectivity index (χ0n) is 11.6. The van der Waals surface area contributed by atoms with Crippen LogP contribution in [0, 0.1) is 12.8 Å². The van der Waals surface area contributed by atoms with Gasteiger partial charge in [-0.1, -0.05) is 27.7 Å². The highest BCUT2D eigenvalue weighted by Crippen LogP contribution is 2.30. The Balaban J connectivity index is 3.34. The third kappa shape index (κ3) is 2.87. The van der Waals surface area contributed by atoms with Crippen LogP contribution in [0.15, 0.2) is 12.1 Å². The van der Waals surface area contributed by atoms with E-state index < -0.39 is 0 Å². The lowest BCUT2D eigenvalue weighted by molar-refractivity contribution is 0.0938. The van der Waals surface area contributed by atoms with Crippen molar-refractivity contribution < 1.29 is 9.53 Å². The van der Waals surface area contributed by atoms with Crippen LogP contribution in [0.2, 0.25) is 0 Å². The summed E-state index contributed by atoms with van der Waals surface area (Å²) >= 11 is 0. The lowest BCUT2D eigenvalue weighted by Gasteiger charge is -2.16. The summed E-state index contributed by atoms with van der Waals surface area (Å²) in [4.78, 5) is 12.1. The number of rotatable bonds is 4.